The van der Waals surface area contributed by atoms with E-state index >= 15 is 0 Å². The summed E-state index contributed by atoms with van der Waals surface area (Å²) < 4.78 is 0. The lowest BCUT2D eigenvalue weighted by molar-refractivity contribution is 0.518. The molecule has 1 heterocycles. The normalized spacial score (nSPS) is 14.3. The third kappa shape index (κ3) is 7.88. The Morgan fingerprint density at radius 2 is 1.78 bits per heavy atom. The van der Waals surface area contributed by atoms with E-state index in [2.05, 4.69) is 44.2 Å². The SMILES string of the molecule is C=C(CC1CCCC1)NCCCCCNc1cc(Nc2ncccn2)ccc1S(=C)(=C)N. The van der Waals surface area contributed by atoms with Crippen LogP contribution in [0.2, 0.25) is 0 Å². The largest absolute Gasteiger partial charge is 0.389 e. The molecule has 0 atom stereocenters. The zero-order valence-corrected chi connectivity index (χ0v) is 19.9. The first kappa shape index (κ1) is 24.1. The fraction of sp³-hybridized carbons (Fsp3) is 0.440. The molecule has 0 amide bonds. The highest BCUT2D eigenvalue weighted by molar-refractivity contribution is 8.26. The van der Waals surface area contributed by atoms with E-state index in [9.17, 15) is 0 Å². The summed E-state index contributed by atoms with van der Waals surface area (Å²) in [5.74, 6) is 9.58. The number of hydrogen-bond donors (Lipinski definition) is 4. The topological polar surface area (TPSA) is 87.9 Å². The minimum Gasteiger partial charge on any atom is -0.389 e. The van der Waals surface area contributed by atoms with Crippen LogP contribution in [0.15, 0.2) is 53.8 Å². The summed E-state index contributed by atoms with van der Waals surface area (Å²) in [6.45, 7) is 6.08. The Morgan fingerprint density at radius 3 is 2.50 bits per heavy atom. The maximum absolute atomic E-state index is 6.28. The van der Waals surface area contributed by atoms with E-state index in [1.54, 1.807) is 18.5 Å². The first-order valence-electron chi connectivity index (χ1n) is 11.5. The predicted octanol–water partition coefficient (Wildman–Crippen LogP) is 5.39. The standard InChI is InChI=1S/C25H38N6S/c1-20(18-21-10-5-6-11-21)27-14-7-4-8-15-28-23-19-22(12-13-24(23)32(2,3)26)31-25-29-16-9-17-30-25/h9,12-13,16-17,19,21,27-28H,1-8,10-11,14-15,18,26H2,(H,29,30,31). The average molecular weight is 455 g/mol. The molecule has 0 unspecified atom stereocenters. The van der Waals surface area contributed by atoms with Crippen LogP contribution in [0, 0.1) is 5.92 Å². The number of nitrogens with zero attached hydrogens (tertiary/aromatic N) is 2. The van der Waals surface area contributed by atoms with Crippen LogP contribution in [-0.4, -0.2) is 34.8 Å². The molecule has 0 aliphatic heterocycles. The lowest BCUT2D eigenvalue weighted by Crippen LogP contribution is -2.16. The lowest BCUT2D eigenvalue weighted by atomic mass is 10.0. The van der Waals surface area contributed by atoms with Gasteiger partial charge in [0, 0.05) is 41.8 Å². The van der Waals surface area contributed by atoms with Gasteiger partial charge in [-0.05, 0) is 55.9 Å². The highest BCUT2D eigenvalue weighted by Gasteiger charge is 2.15. The van der Waals surface area contributed by atoms with Gasteiger partial charge in [0.15, 0.2) is 0 Å². The fourth-order valence-corrected chi connectivity index (χ4v) is 5.05. The van der Waals surface area contributed by atoms with Crippen molar-refractivity contribution < 1.29 is 0 Å². The molecule has 3 rings (SSSR count). The third-order valence-electron chi connectivity index (χ3n) is 5.79. The molecule has 2 aromatic rings. The molecule has 0 saturated heterocycles. The van der Waals surface area contributed by atoms with Crippen LogP contribution in [0.5, 0.6) is 0 Å². The first-order valence-corrected chi connectivity index (χ1v) is 13.6. The summed E-state index contributed by atoms with van der Waals surface area (Å²) in [6.07, 6.45) is 13.5. The predicted molar refractivity (Wildman–Crippen MR) is 142 cm³/mol. The van der Waals surface area contributed by atoms with Gasteiger partial charge in [0.2, 0.25) is 5.95 Å². The number of rotatable bonds is 13. The minimum atomic E-state index is -1.84. The van der Waals surface area contributed by atoms with Crippen LogP contribution in [0.1, 0.15) is 51.4 Å². The molecule has 0 bridgehead atoms. The summed E-state index contributed by atoms with van der Waals surface area (Å²) in [6, 6.07) is 7.78. The van der Waals surface area contributed by atoms with Gasteiger partial charge >= 0.3 is 0 Å². The smallest absolute Gasteiger partial charge is 0.227 e. The van der Waals surface area contributed by atoms with Crippen LogP contribution in [0.25, 0.3) is 0 Å². The molecule has 7 heteroatoms. The van der Waals surface area contributed by atoms with E-state index in [4.69, 9.17) is 5.14 Å². The zero-order valence-electron chi connectivity index (χ0n) is 19.1. The first-order chi connectivity index (χ1) is 15.4. The van der Waals surface area contributed by atoms with Crippen molar-refractivity contribution in [2.45, 2.75) is 56.3 Å². The highest BCUT2D eigenvalue weighted by Crippen LogP contribution is 2.34. The molecular weight excluding hydrogens is 416 g/mol. The molecule has 1 aromatic carbocycles. The molecule has 1 saturated carbocycles. The van der Waals surface area contributed by atoms with E-state index in [1.807, 2.05) is 18.2 Å². The third-order valence-corrected chi connectivity index (χ3v) is 7.03. The molecule has 32 heavy (non-hydrogen) atoms. The second kappa shape index (κ2) is 11.9. The summed E-state index contributed by atoms with van der Waals surface area (Å²) >= 11 is 0. The molecule has 1 fully saturated rings. The van der Waals surface area contributed by atoms with Crippen molar-refractivity contribution in [2.75, 3.05) is 23.7 Å². The second-order valence-corrected chi connectivity index (χ2v) is 11.1. The Labute approximate surface area is 193 Å². The van der Waals surface area contributed by atoms with E-state index in [-0.39, 0.29) is 0 Å². The second-order valence-electron chi connectivity index (χ2n) is 8.72. The van der Waals surface area contributed by atoms with Crippen molar-refractivity contribution in [2.24, 2.45) is 11.1 Å². The number of benzene rings is 1. The Hall–Kier alpha value is -2.51. The summed E-state index contributed by atoms with van der Waals surface area (Å²) in [5, 5.41) is 16.6. The summed E-state index contributed by atoms with van der Waals surface area (Å²) in [7, 11) is -1.84. The van der Waals surface area contributed by atoms with Gasteiger partial charge in [-0.15, -0.1) is 9.39 Å². The van der Waals surface area contributed by atoms with E-state index in [1.165, 1.54) is 31.4 Å². The lowest BCUT2D eigenvalue weighted by Gasteiger charge is -2.18. The number of anilines is 3. The molecule has 1 aromatic heterocycles. The van der Waals surface area contributed by atoms with Gasteiger partial charge < -0.3 is 16.0 Å². The number of nitrogens with one attached hydrogen (secondary N) is 3. The molecule has 5 N–H and O–H groups in total. The minimum absolute atomic E-state index is 0.559. The molecule has 174 valence electrons. The summed E-state index contributed by atoms with van der Waals surface area (Å²) in [5.41, 5.74) is 3.08. The van der Waals surface area contributed by atoms with Gasteiger partial charge in [-0.25, -0.2) is 9.97 Å². The van der Waals surface area contributed by atoms with E-state index < -0.39 is 9.39 Å². The number of allylic oxidation sites excluding steroid dienone is 1. The van der Waals surface area contributed by atoms with Gasteiger partial charge in [-0.3, -0.25) is 5.14 Å². The molecule has 0 radical (unpaired) electrons. The van der Waals surface area contributed by atoms with E-state index in [0.29, 0.717) is 5.95 Å². The van der Waals surface area contributed by atoms with Crippen LogP contribution in [0.3, 0.4) is 0 Å². The monoisotopic (exact) mass is 454 g/mol. The number of hydrogen-bond acceptors (Lipinski definition) is 6. The van der Waals surface area contributed by atoms with E-state index in [0.717, 1.165) is 61.0 Å². The molecule has 1 aliphatic rings. The van der Waals surface area contributed by atoms with Crippen LogP contribution in [-0.2, 0) is 0 Å². The van der Waals surface area contributed by atoms with Crippen molar-refractivity contribution in [3.8, 4) is 0 Å². The van der Waals surface area contributed by atoms with Gasteiger partial charge in [-0.1, -0.05) is 44.0 Å². The van der Waals surface area contributed by atoms with Crippen LogP contribution in [0.4, 0.5) is 17.3 Å². The Bertz CT molecular complexity index is 965. The van der Waals surface area contributed by atoms with Gasteiger partial charge in [-0.2, -0.15) is 0 Å². The quantitative estimate of drug-likeness (QED) is 0.240. The van der Waals surface area contributed by atoms with Crippen molar-refractivity contribution in [1.29, 1.82) is 0 Å². The maximum atomic E-state index is 6.28. The van der Waals surface area contributed by atoms with Crippen LogP contribution < -0.4 is 21.1 Å². The van der Waals surface area contributed by atoms with Gasteiger partial charge in [0.25, 0.3) is 0 Å². The fourth-order valence-electron chi connectivity index (χ4n) is 4.14. The average Bonchev–Trinajstić information content (AvgIpc) is 3.26. The van der Waals surface area contributed by atoms with Crippen molar-refractivity contribution >= 4 is 38.5 Å². The van der Waals surface area contributed by atoms with Crippen LogP contribution >= 0.6 is 9.39 Å². The number of unbranched alkanes of at least 4 members (excludes halogenated alkanes) is 2. The van der Waals surface area contributed by atoms with Crippen molar-refractivity contribution in [3.05, 3.63) is 48.9 Å². The zero-order chi connectivity index (χ0) is 22.8. The molecular formula is C25H38N6S. The highest BCUT2D eigenvalue weighted by atomic mass is 32.2. The Balaban J connectivity index is 1.43. The van der Waals surface area contributed by atoms with Gasteiger partial charge in [0.1, 0.15) is 0 Å². The van der Waals surface area contributed by atoms with Crippen molar-refractivity contribution in [3.63, 3.8) is 0 Å². The maximum Gasteiger partial charge on any atom is 0.227 e. The van der Waals surface area contributed by atoms with Crippen molar-refractivity contribution in [1.82, 2.24) is 15.3 Å². The molecule has 1 aliphatic carbocycles. The number of aromatic nitrogens is 2. The number of nitrogens with two attached hydrogens (primary N) is 1. The molecule has 0 spiro atoms. The molecule has 6 nitrogen and oxygen atoms in total. The Morgan fingerprint density at radius 1 is 1.06 bits per heavy atom. The Kier molecular flexibility index (Phi) is 9.00. The van der Waals surface area contributed by atoms with Gasteiger partial charge in [0.05, 0.1) is 5.69 Å². The summed E-state index contributed by atoms with van der Waals surface area (Å²) in [4.78, 5) is 9.40.